The number of nitrogen functional groups attached to an aromatic ring is 1. The van der Waals surface area contributed by atoms with E-state index in [-0.39, 0.29) is 11.6 Å². The molecule has 0 saturated heterocycles. The Morgan fingerprint density at radius 3 is 2.58 bits per heavy atom. The molecule has 2 rings (SSSR count). The molecule has 0 saturated carbocycles. The predicted octanol–water partition coefficient (Wildman–Crippen LogP) is 3.36. The molecule has 100 valence electrons. The van der Waals surface area contributed by atoms with Crippen molar-refractivity contribution in [1.29, 1.82) is 0 Å². The molecule has 0 aliphatic heterocycles. The molecule has 0 spiro atoms. The normalized spacial score (nSPS) is 11.4. The molecule has 0 bridgehead atoms. The number of nitrogens with two attached hydrogens (primary N) is 1. The van der Waals surface area contributed by atoms with E-state index in [1.807, 2.05) is 0 Å². The van der Waals surface area contributed by atoms with Gasteiger partial charge in [0.15, 0.2) is 0 Å². The lowest BCUT2D eigenvalue weighted by Crippen LogP contribution is -2.06. The second-order valence-corrected chi connectivity index (χ2v) is 3.90. The van der Waals surface area contributed by atoms with E-state index in [0.29, 0.717) is 11.1 Å². The minimum absolute atomic E-state index is 0.0377. The van der Waals surface area contributed by atoms with E-state index < -0.39 is 11.7 Å². The molecular formula is C13H11F3N2O. The molecule has 0 atom stereocenters. The summed E-state index contributed by atoms with van der Waals surface area (Å²) in [4.78, 5) is 3.95. The summed E-state index contributed by atoms with van der Waals surface area (Å²) >= 11 is 0. The third-order valence-corrected chi connectivity index (χ3v) is 2.56. The Bertz CT molecular complexity index is 597. The van der Waals surface area contributed by atoms with Crippen LogP contribution in [0, 0.1) is 0 Å². The van der Waals surface area contributed by atoms with Crippen molar-refractivity contribution < 1.29 is 17.9 Å². The van der Waals surface area contributed by atoms with Gasteiger partial charge in [0.1, 0.15) is 0 Å². The summed E-state index contributed by atoms with van der Waals surface area (Å²) in [5.74, 6) is 0.251. The Labute approximate surface area is 107 Å². The lowest BCUT2D eigenvalue weighted by atomic mass is 10.0. The molecule has 0 aliphatic carbocycles. The maximum absolute atomic E-state index is 12.7. The summed E-state index contributed by atoms with van der Waals surface area (Å²) in [6.07, 6.45) is -2.95. The first-order valence-electron chi connectivity index (χ1n) is 5.39. The smallest absolute Gasteiger partial charge is 0.416 e. The third kappa shape index (κ3) is 2.78. The average Bonchev–Trinajstić information content (AvgIpc) is 2.37. The number of rotatable bonds is 2. The van der Waals surface area contributed by atoms with Crippen molar-refractivity contribution in [2.75, 3.05) is 12.8 Å². The van der Waals surface area contributed by atoms with Crippen LogP contribution in [-0.4, -0.2) is 12.1 Å². The molecule has 1 aromatic carbocycles. The highest BCUT2D eigenvalue weighted by atomic mass is 19.4. The Morgan fingerprint density at radius 1 is 1.21 bits per heavy atom. The van der Waals surface area contributed by atoms with Crippen LogP contribution in [0.5, 0.6) is 5.88 Å². The molecule has 2 N–H and O–H groups in total. The van der Waals surface area contributed by atoms with Crippen LogP contribution >= 0.6 is 0 Å². The van der Waals surface area contributed by atoms with Gasteiger partial charge in [0.2, 0.25) is 5.88 Å². The first kappa shape index (κ1) is 13.2. The fourth-order valence-corrected chi connectivity index (χ4v) is 1.74. The van der Waals surface area contributed by atoms with Crippen molar-refractivity contribution >= 4 is 5.69 Å². The Morgan fingerprint density at radius 2 is 1.95 bits per heavy atom. The van der Waals surface area contributed by atoms with Gasteiger partial charge in [-0.1, -0.05) is 0 Å². The molecule has 19 heavy (non-hydrogen) atoms. The number of halogens is 3. The van der Waals surface area contributed by atoms with Gasteiger partial charge < -0.3 is 10.5 Å². The molecule has 0 fully saturated rings. The summed E-state index contributed by atoms with van der Waals surface area (Å²) in [6, 6.07) is 6.62. The zero-order valence-corrected chi connectivity index (χ0v) is 10.0. The van der Waals surface area contributed by atoms with Crippen molar-refractivity contribution in [2.45, 2.75) is 6.18 Å². The van der Waals surface area contributed by atoms with Crippen LogP contribution in [0.3, 0.4) is 0 Å². The largest absolute Gasteiger partial charge is 0.481 e. The van der Waals surface area contributed by atoms with Crippen molar-refractivity contribution in [3.63, 3.8) is 0 Å². The van der Waals surface area contributed by atoms with Crippen LogP contribution in [0.1, 0.15) is 5.56 Å². The number of aromatic nitrogens is 1. The number of pyridine rings is 1. The first-order valence-corrected chi connectivity index (χ1v) is 5.39. The second kappa shape index (κ2) is 4.79. The molecule has 2 aromatic rings. The molecule has 1 aromatic heterocycles. The van der Waals surface area contributed by atoms with Crippen LogP contribution in [-0.2, 0) is 6.18 Å². The van der Waals surface area contributed by atoms with Gasteiger partial charge in [0.05, 0.1) is 12.7 Å². The van der Waals surface area contributed by atoms with Crippen LogP contribution in [0.25, 0.3) is 11.1 Å². The summed E-state index contributed by atoms with van der Waals surface area (Å²) in [7, 11) is 1.41. The summed E-state index contributed by atoms with van der Waals surface area (Å²) < 4.78 is 43.3. The molecule has 1 heterocycles. The SMILES string of the molecule is COc1ncccc1-c1cc(N)cc(C(F)(F)F)c1. The van der Waals surface area contributed by atoms with E-state index >= 15 is 0 Å². The molecule has 0 aliphatic rings. The maximum atomic E-state index is 12.7. The lowest BCUT2D eigenvalue weighted by Gasteiger charge is -2.12. The van der Waals surface area contributed by atoms with Gasteiger partial charge in [-0.3, -0.25) is 0 Å². The van der Waals surface area contributed by atoms with E-state index in [0.717, 1.165) is 12.1 Å². The zero-order valence-electron chi connectivity index (χ0n) is 10.0. The second-order valence-electron chi connectivity index (χ2n) is 3.90. The van der Waals surface area contributed by atoms with Crippen molar-refractivity contribution in [3.8, 4) is 17.0 Å². The van der Waals surface area contributed by atoms with E-state index in [1.54, 1.807) is 12.1 Å². The number of hydrogen-bond acceptors (Lipinski definition) is 3. The fourth-order valence-electron chi connectivity index (χ4n) is 1.74. The van der Waals surface area contributed by atoms with Gasteiger partial charge >= 0.3 is 6.18 Å². The Kier molecular flexibility index (Phi) is 3.33. The van der Waals surface area contributed by atoms with Gasteiger partial charge in [-0.25, -0.2) is 4.98 Å². The quantitative estimate of drug-likeness (QED) is 0.849. The molecule has 0 radical (unpaired) electrons. The first-order chi connectivity index (χ1) is 8.91. The molecule has 3 nitrogen and oxygen atoms in total. The molecular weight excluding hydrogens is 257 g/mol. The highest BCUT2D eigenvalue weighted by Gasteiger charge is 2.31. The van der Waals surface area contributed by atoms with Crippen LogP contribution in [0.15, 0.2) is 36.5 Å². The highest BCUT2D eigenvalue weighted by Crippen LogP contribution is 2.36. The number of benzene rings is 1. The third-order valence-electron chi connectivity index (χ3n) is 2.56. The number of methoxy groups -OCH3 is 1. The van der Waals surface area contributed by atoms with E-state index in [4.69, 9.17) is 10.5 Å². The highest BCUT2D eigenvalue weighted by molar-refractivity contribution is 5.72. The van der Waals surface area contributed by atoms with Gasteiger partial charge in [-0.15, -0.1) is 0 Å². The number of alkyl halides is 3. The maximum Gasteiger partial charge on any atom is 0.416 e. The molecule has 6 heteroatoms. The standard InChI is InChI=1S/C13H11F3N2O/c1-19-12-11(3-2-4-18-12)8-5-9(13(14,15)16)7-10(17)6-8/h2-7H,17H2,1H3. The average molecular weight is 268 g/mol. The fraction of sp³-hybridized carbons (Fsp3) is 0.154. The monoisotopic (exact) mass is 268 g/mol. The minimum atomic E-state index is -4.44. The van der Waals surface area contributed by atoms with Crippen molar-refractivity contribution in [3.05, 3.63) is 42.1 Å². The van der Waals surface area contributed by atoms with E-state index in [9.17, 15) is 13.2 Å². The number of ether oxygens (including phenoxy) is 1. The summed E-state index contributed by atoms with van der Waals surface area (Å²) in [5, 5.41) is 0. The molecule has 0 amide bonds. The predicted molar refractivity (Wildman–Crippen MR) is 65.6 cm³/mol. The van der Waals surface area contributed by atoms with Crippen molar-refractivity contribution in [2.24, 2.45) is 0 Å². The lowest BCUT2D eigenvalue weighted by molar-refractivity contribution is -0.137. The van der Waals surface area contributed by atoms with E-state index in [1.165, 1.54) is 19.4 Å². The van der Waals surface area contributed by atoms with Crippen LogP contribution < -0.4 is 10.5 Å². The van der Waals surface area contributed by atoms with Gasteiger partial charge in [0, 0.05) is 17.4 Å². The number of hydrogen-bond donors (Lipinski definition) is 1. The Balaban J connectivity index is 2.60. The van der Waals surface area contributed by atoms with Gasteiger partial charge in [-0.2, -0.15) is 13.2 Å². The number of anilines is 1. The van der Waals surface area contributed by atoms with Crippen molar-refractivity contribution in [1.82, 2.24) is 4.98 Å². The van der Waals surface area contributed by atoms with E-state index in [2.05, 4.69) is 4.98 Å². The van der Waals surface area contributed by atoms with Gasteiger partial charge in [0.25, 0.3) is 0 Å². The molecule has 0 unspecified atom stereocenters. The van der Waals surface area contributed by atoms with Gasteiger partial charge in [-0.05, 0) is 35.9 Å². The Hall–Kier alpha value is -2.24. The summed E-state index contributed by atoms with van der Waals surface area (Å²) in [6.45, 7) is 0. The topological polar surface area (TPSA) is 48.1 Å². The van der Waals surface area contributed by atoms with Crippen LogP contribution in [0.4, 0.5) is 18.9 Å². The summed E-state index contributed by atoms with van der Waals surface area (Å²) in [5.41, 5.74) is 5.54. The van der Waals surface area contributed by atoms with Crippen LogP contribution in [0.2, 0.25) is 0 Å². The number of nitrogens with zero attached hydrogens (tertiary/aromatic N) is 1. The zero-order chi connectivity index (χ0) is 14.0. The minimum Gasteiger partial charge on any atom is -0.481 e.